The SMILES string of the molecule is O=C(C1CC1)N1CCN(c2ccnc3c2C=C(c2ccc(C(F)(F)F)cc2)C3)CC1. The van der Waals surface area contributed by atoms with Crippen LogP contribution in [-0.4, -0.2) is 42.0 Å². The normalized spacial score (nSPS) is 19.0. The molecular weight excluding hydrogens is 391 g/mol. The van der Waals surface area contributed by atoms with Crippen LogP contribution in [0.5, 0.6) is 0 Å². The van der Waals surface area contributed by atoms with Crippen molar-refractivity contribution < 1.29 is 18.0 Å². The molecule has 1 aromatic heterocycles. The number of carbonyl (C=O) groups excluding carboxylic acids is 1. The van der Waals surface area contributed by atoms with Crippen molar-refractivity contribution in [2.24, 2.45) is 5.92 Å². The number of halogens is 3. The summed E-state index contributed by atoms with van der Waals surface area (Å²) in [6.07, 6.45) is 2.16. The summed E-state index contributed by atoms with van der Waals surface area (Å²) >= 11 is 0. The number of rotatable bonds is 3. The average Bonchev–Trinajstić information content (AvgIpc) is 3.50. The summed E-state index contributed by atoms with van der Waals surface area (Å²) in [5.41, 5.74) is 4.18. The van der Waals surface area contributed by atoms with Crippen LogP contribution in [0.4, 0.5) is 18.9 Å². The minimum absolute atomic E-state index is 0.246. The van der Waals surface area contributed by atoms with Crippen LogP contribution in [-0.2, 0) is 17.4 Å². The van der Waals surface area contributed by atoms with Crippen molar-refractivity contribution in [2.75, 3.05) is 31.1 Å². The molecule has 0 atom stereocenters. The molecule has 1 aliphatic heterocycles. The number of piperazine rings is 1. The maximum Gasteiger partial charge on any atom is 0.416 e. The number of carbonyl (C=O) groups is 1. The van der Waals surface area contributed by atoms with E-state index in [0.717, 1.165) is 79.2 Å². The molecule has 2 fully saturated rings. The monoisotopic (exact) mass is 413 g/mol. The van der Waals surface area contributed by atoms with E-state index in [1.165, 1.54) is 12.1 Å². The second-order valence-corrected chi connectivity index (χ2v) is 8.20. The van der Waals surface area contributed by atoms with Crippen LogP contribution in [0.3, 0.4) is 0 Å². The van der Waals surface area contributed by atoms with Gasteiger partial charge in [0.2, 0.25) is 5.91 Å². The van der Waals surface area contributed by atoms with E-state index in [1.54, 1.807) is 6.20 Å². The predicted molar refractivity (Wildman–Crippen MR) is 109 cm³/mol. The third-order valence-corrected chi connectivity index (χ3v) is 6.17. The number of hydrogen-bond acceptors (Lipinski definition) is 3. The van der Waals surface area contributed by atoms with Crippen LogP contribution in [0.25, 0.3) is 11.6 Å². The van der Waals surface area contributed by atoms with Crippen LogP contribution in [0, 0.1) is 5.92 Å². The third-order valence-electron chi connectivity index (χ3n) is 6.17. The van der Waals surface area contributed by atoms with Crippen LogP contribution >= 0.6 is 0 Å². The van der Waals surface area contributed by atoms with Gasteiger partial charge in [0.25, 0.3) is 0 Å². The molecule has 0 spiro atoms. The molecule has 0 unspecified atom stereocenters. The number of hydrogen-bond donors (Lipinski definition) is 0. The molecule has 1 amide bonds. The Kier molecular flexibility index (Phi) is 4.56. The Morgan fingerprint density at radius 3 is 2.33 bits per heavy atom. The molecule has 0 bridgehead atoms. The van der Waals surface area contributed by atoms with Crippen molar-refractivity contribution in [1.29, 1.82) is 0 Å². The topological polar surface area (TPSA) is 36.4 Å². The van der Waals surface area contributed by atoms with Crippen molar-refractivity contribution >= 4 is 23.2 Å². The van der Waals surface area contributed by atoms with E-state index in [1.807, 2.05) is 17.0 Å². The number of pyridine rings is 1. The minimum atomic E-state index is -4.33. The lowest BCUT2D eigenvalue weighted by atomic mass is 10.0. The number of anilines is 1. The summed E-state index contributed by atoms with van der Waals surface area (Å²) in [6.45, 7) is 3.00. The van der Waals surface area contributed by atoms with E-state index >= 15 is 0 Å². The fourth-order valence-corrected chi connectivity index (χ4v) is 4.30. The quantitative estimate of drug-likeness (QED) is 0.755. The van der Waals surface area contributed by atoms with E-state index in [0.29, 0.717) is 12.3 Å². The second-order valence-electron chi connectivity index (χ2n) is 8.20. The molecule has 2 heterocycles. The van der Waals surface area contributed by atoms with Gasteiger partial charge in [0.1, 0.15) is 0 Å². The van der Waals surface area contributed by atoms with Crippen molar-refractivity contribution in [3.63, 3.8) is 0 Å². The highest BCUT2D eigenvalue weighted by molar-refractivity contribution is 5.92. The molecule has 156 valence electrons. The van der Waals surface area contributed by atoms with E-state index in [2.05, 4.69) is 9.88 Å². The number of nitrogens with zero attached hydrogens (tertiary/aromatic N) is 3. The molecule has 0 N–H and O–H groups in total. The average molecular weight is 413 g/mol. The van der Waals surface area contributed by atoms with Gasteiger partial charge in [-0.1, -0.05) is 12.1 Å². The molecule has 0 radical (unpaired) electrons. The van der Waals surface area contributed by atoms with Crippen molar-refractivity contribution in [3.05, 3.63) is 58.9 Å². The van der Waals surface area contributed by atoms with Gasteiger partial charge < -0.3 is 9.80 Å². The maximum atomic E-state index is 12.8. The first kappa shape index (κ1) is 19.2. The molecule has 3 aliphatic rings. The van der Waals surface area contributed by atoms with Crippen LogP contribution in [0.2, 0.25) is 0 Å². The molecule has 7 heteroatoms. The summed E-state index contributed by atoms with van der Waals surface area (Å²) in [6, 6.07) is 7.31. The molecule has 1 saturated carbocycles. The number of amides is 1. The number of aromatic nitrogens is 1. The largest absolute Gasteiger partial charge is 0.416 e. The summed E-state index contributed by atoms with van der Waals surface area (Å²) in [5, 5.41) is 0. The highest BCUT2D eigenvalue weighted by Gasteiger charge is 2.35. The molecule has 1 saturated heterocycles. The van der Waals surface area contributed by atoms with Gasteiger partial charge in [-0.15, -0.1) is 0 Å². The minimum Gasteiger partial charge on any atom is -0.367 e. The lowest BCUT2D eigenvalue weighted by Crippen LogP contribution is -2.49. The van der Waals surface area contributed by atoms with E-state index < -0.39 is 11.7 Å². The van der Waals surface area contributed by atoms with Crippen molar-refractivity contribution in [2.45, 2.75) is 25.4 Å². The Morgan fingerprint density at radius 1 is 1.00 bits per heavy atom. The van der Waals surface area contributed by atoms with Gasteiger partial charge in [0.15, 0.2) is 0 Å². The van der Waals surface area contributed by atoms with Gasteiger partial charge in [-0.3, -0.25) is 9.78 Å². The summed E-state index contributed by atoms with van der Waals surface area (Å²) in [4.78, 5) is 21.0. The van der Waals surface area contributed by atoms with Gasteiger partial charge in [-0.2, -0.15) is 13.2 Å². The number of alkyl halides is 3. The zero-order chi connectivity index (χ0) is 20.9. The van der Waals surface area contributed by atoms with E-state index in [9.17, 15) is 18.0 Å². The molecule has 1 aromatic carbocycles. The zero-order valence-electron chi connectivity index (χ0n) is 16.5. The van der Waals surface area contributed by atoms with Gasteiger partial charge >= 0.3 is 6.18 Å². The molecule has 2 aromatic rings. The molecule has 30 heavy (non-hydrogen) atoms. The predicted octanol–water partition coefficient (Wildman–Crippen LogP) is 4.26. The summed E-state index contributed by atoms with van der Waals surface area (Å²) in [5.74, 6) is 0.537. The zero-order valence-corrected chi connectivity index (χ0v) is 16.5. The maximum absolute atomic E-state index is 12.8. The lowest BCUT2D eigenvalue weighted by Gasteiger charge is -2.37. The van der Waals surface area contributed by atoms with Crippen molar-refractivity contribution in [1.82, 2.24) is 9.88 Å². The van der Waals surface area contributed by atoms with Gasteiger partial charge in [-0.25, -0.2) is 0 Å². The summed E-state index contributed by atoms with van der Waals surface area (Å²) < 4.78 is 38.5. The first-order chi connectivity index (χ1) is 14.4. The third kappa shape index (κ3) is 3.57. The molecule has 4 nitrogen and oxygen atoms in total. The van der Waals surface area contributed by atoms with Gasteiger partial charge in [-0.05, 0) is 48.3 Å². The highest BCUT2D eigenvalue weighted by Crippen LogP contribution is 2.38. The number of fused-ring (bicyclic) bond motifs is 1. The van der Waals surface area contributed by atoms with Gasteiger partial charge in [0, 0.05) is 56.0 Å². The molecular formula is C23H22F3N3O. The highest BCUT2D eigenvalue weighted by atomic mass is 19.4. The fraction of sp³-hybridized carbons (Fsp3) is 0.391. The van der Waals surface area contributed by atoms with Crippen LogP contribution < -0.4 is 4.90 Å². The van der Waals surface area contributed by atoms with E-state index in [-0.39, 0.29) is 5.92 Å². The van der Waals surface area contributed by atoms with Crippen molar-refractivity contribution in [3.8, 4) is 0 Å². The number of allylic oxidation sites excluding steroid dienone is 1. The first-order valence-corrected chi connectivity index (χ1v) is 10.3. The second kappa shape index (κ2) is 7.15. The summed E-state index contributed by atoms with van der Waals surface area (Å²) in [7, 11) is 0. The number of benzene rings is 1. The van der Waals surface area contributed by atoms with E-state index in [4.69, 9.17) is 0 Å². The Morgan fingerprint density at radius 2 is 1.70 bits per heavy atom. The van der Waals surface area contributed by atoms with Gasteiger partial charge in [0.05, 0.1) is 11.3 Å². The smallest absolute Gasteiger partial charge is 0.367 e. The Bertz CT molecular complexity index is 1000. The molecule has 5 rings (SSSR count). The Labute approximate surface area is 173 Å². The Balaban J connectivity index is 1.34. The lowest BCUT2D eigenvalue weighted by molar-refractivity contribution is -0.137. The molecule has 2 aliphatic carbocycles. The van der Waals surface area contributed by atoms with Crippen LogP contribution in [0.15, 0.2) is 36.5 Å². The fourth-order valence-electron chi connectivity index (χ4n) is 4.30. The van der Waals surface area contributed by atoms with Crippen LogP contribution in [0.1, 0.15) is 35.2 Å². The first-order valence-electron chi connectivity index (χ1n) is 10.3. The standard InChI is InChI=1S/C23H22F3N3O/c24-23(25,26)18-5-3-15(4-6-18)17-13-19-20(14-17)27-8-7-21(19)28-9-11-29(12-10-28)22(30)16-1-2-16/h3-8,13,16H,1-2,9-12,14H2. The Hall–Kier alpha value is -2.83.